The number of amides is 1. The molecule has 0 aliphatic rings. The van der Waals surface area contributed by atoms with Crippen molar-refractivity contribution in [3.8, 4) is 6.07 Å². The molecule has 20 heavy (non-hydrogen) atoms. The Morgan fingerprint density at radius 2 is 1.95 bits per heavy atom. The van der Waals surface area contributed by atoms with Crippen molar-refractivity contribution in [3.05, 3.63) is 70.5 Å². The number of carbonyl (C=O) groups is 1. The average Bonchev–Trinajstić information content (AvgIpc) is 2.45. The molecular formula is C15H10ClFN2O. The summed E-state index contributed by atoms with van der Waals surface area (Å²) in [5, 5.41) is 12.1. The molecular weight excluding hydrogens is 279 g/mol. The van der Waals surface area contributed by atoms with Gasteiger partial charge >= 0.3 is 0 Å². The summed E-state index contributed by atoms with van der Waals surface area (Å²) in [4.78, 5) is 12.0. The summed E-state index contributed by atoms with van der Waals surface area (Å²) in [5.74, 6) is -0.810. The molecule has 0 aliphatic carbocycles. The van der Waals surface area contributed by atoms with Crippen LogP contribution in [0.3, 0.4) is 0 Å². The predicted molar refractivity (Wildman–Crippen MR) is 73.7 cm³/mol. The van der Waals surface area contributed by atoms with Gasteiger partial charge in [-0.05, 0) is 35.9 Å². The van der Waals surface area contributed by atoms with Gasteiger partial charge in [0.2, 0.25) is 0 Å². The van der Waals surface area contributed by atoms with Crippen LogP contribution in [0.2, 0.25) is 5.02 Å². The van der Waals surface area contributed by atoms with Gasteiger partial charge in [0, 0.05) is 10.6 Å². The molecule has 0 saturated carbocycles. The van der Waals surface area contributed by atoms with E-state index in [1.165, 1.54) is 30.3 Å². The minimum absolute atomic E-state index is 0.361. The molecule has 0 saturated heterocycles. The van der Waals surface area contributed by atoms with E-state index in [1.807, 2.05) is 6.07 Å². The number of nitriles is 1. The van der Waals surface area contributed by atoms with E-state index < -0.39 is 17.8 Å². The lowest BCUT2D eigenvalue weighted by Gasteiger charge is -2.12. The summed E-state index contributed by atoms with van der Waals surface area (Å²) in [5.41, 5.74) is 0.879. The van der Waals surface area contributed by atoms with Crippen molar-refractivity contribution in [2.24, 2.45) is 0 Å². The van der Waals surface area contributed by atoms with Crippen molar-refractivity contribution in [1.29, 1.82) is 5.26 Å². The minimum atomic E-state index is -0.845. The zero-order valence-electron chi connectivity index (χ0n) is 10.3. The monoisotopic (exact) mass is 288 g/mol. The number of carbonyl (C=O) groups excluding carboxylic acids is 1. The molecule has 2 rings (SSSR count). The third-order valence-electron chi connectivity index (χ3n) is 2.69. The van der Waals surface area contributed by atoms with Crippen molar-refractivity contribution in [3.63, 3.8) is 0 Å². The van der Waals surface area contributed by atoms with E-state index in [0.29, 0.717) is 16.1 Å². The van der Waals surface area contributed by atoms with Gasteiger partial charge in [0.15, 0.2) is 0 Å². The Kier molecular flexibility index (Phi) is 4.34. The van der Waals surface area contributed by atoms with E-state index in [0.717, 1.165) is 0 Å². The molecule has 2 aromatic carbocycles. The number of halogens is 2. The standard InChI is InChI=1S/C15H10ClFN2O/c16-12-3-1-2-11(8-12)15(20)19-14(9-18)10-4-6-13(17)7-5-10/h1-8,14H,(H,19,20)/t14-/m0/s1. The molecule has 100 valence electrons. The molecule has 1 atom stereocenters. The molecule has 0 radical (unpaired) electrons. The Morgan fingerprint density at radius 3 is 2.55 bits per heavy atom. The second-order valence-corrected chi connectivity index (χ2v) is 4.53. The van der Waals surface area contributed by atoms with E-state index in [-0.39, 0.29) is 0 Å². The summed E-state index contributed by atoms with van der Waals surface area (Å²) in [6, 6.07) is 12.9. The summed E-state index contributed by atoms with van der Waals surface area (Å²) in [6.07, 6.45) is 0. The quantitative estimate of drug-likeness (QED) is 0.940. The van der Waals surface area contributed by atoms with Gasteiger partial charge in [-0.3, -0.25) is 4.79 Å². The molecule has 0 aliphatic heterocycles. The van der Waals surface area contributed by atoms with E-state index >= 15 is 0 Å². The lowest BCUT2D eigenvalue weighted by atomic mass is 10.1. The first-order valence-corrected chi connectivity index (χ1v) is 6.19. The maximum Gasteiger partial charge on any atom is 0.252 e. The fourth-order valence-electron chi connectivity index (χ4n) is 1.69. The Labute approximate surface area is 120 Å². The highest BCUT2D eigenvalue weighted by molar-refractivity contribution is 6.30. The lowest BCUT2D eigenvalue weighted by molar-refractivity contribution is 0.0945. The van der Waals surface area contributed by atoms with E-state index in [4.69, 9.17) is 16.9 Å². The van der Waals surface area contributed by atoms with Crippen LogP contribution in [0.4, 0.5) is 4.39 Å². The Bertz CT molecular complexity index is 664. The van der Waals surface area contributed by atoms with E-state index in [2.05, 4.69) is 5.32 Å². The van der Waals surface area contributed by atoms with Crippen LogP contribution in [-0.2, 0) is 0 Å². The third kappa shape index (κ3) is 3.34. The fourth-order valence-corrected chi connectivity index (χ4v) is 1.88. The van der Waals surface area contributed by atoms with Gasteiger partial charge in [-0.1, -0.05) is 29.8 Å². The summed E-state index contributed by atoms with van der Waals surface area (Å²) in [7, 11) is 0. The second kappa shape index (κ2) is 6.18. The molecule has 0 aromatic heterocycles. The normalized spacial score (nSPS) is 11.4. The van der Waals surface area contributed by atoms with Crippen LogP contribution in [0.1, 0.15) is 22.0 Å². The maximum atomic E-state index is 12.8. The topological polar surface area (TPSA) is 52.9 Å². The van der Waals surface area contributed by atoms with Crippen molar-refractivity contribution in [2.45, 2.75) is 6.04 Å². The largest absolute Gasteiger partial charge is 0.332 e. The summed E-state index contributed by atoms with van der Waals surface area (Å²) < 4.78 is 12.8. The Balaban J connectivity index is 2.17. The lowest BCUT2D eigenvalue weighted by Crippen LogP contribution is -2.27. The maximum absolute atomic E-state index is 12.8. The van der Waals surface area contributed by atoms with Crippen LogP contribution in [0.25, 0.3) is 0 Å². The molecule has 1 amide bonds. The predicted octanol–water partition coefficient (Wildman–Crippen LogP) is 3.47. The van der Waals surface area contributed by atoms with Crippen LogP contribution in [0.15, 0.2) is 48.5 Å². The average molecular weight is 289 g/mol. The van der Waals surface area contributed by atoms with Crippen LogP contribution >= 0.6 is 11.6 Å². The van der Waals surface area contributed by atoms with Gasteiger partial charge in [-0.15, -0.1) is 0 Å². The summed E-state index contributed by atoms with van der Waals surface area (Å²) in [6.45, 7) is 0. The van der Waals surface area contributed by atoms with E-state index in [9.17, 15) is 9.18 Å². The SMILES string of the molecule is N#C[C@H](NC(=O)c1cccc(Cl)c1)c1ccc(F)cc1. The Morgan fingerprint density at radius 1 is 1.25 bits per heavy atom. The number of nitrogens with one attached hydrogen (secondary N) is 1. The highest BCUT2D eigenvalue weighted by Crippen LogP contribution is 2.15. The van der Waals surface area contributed by atoms with Crippen molar-refractivity contribution >= 4 is 17.5 Å². The molecule has 3 nitrogen and oxygen atoms in total. The molecule has 0 heterocycles. The highest BCUT2D eigenvalue weighted by Gasteiger charge is 2.15. The Hall–Kier alpha value is -2.38. The zero-order valence-corrected chi connectivity index (χ0v) is 11.1. The number of hydrogen-bond acceptors (Lipinski definition) is 2. The van der Waals surface area contributed by atoms with Gasteiger partial charge in [0.1, 0.15) is 11.9 Å². The van der Waals surface area contributed by atoms with Crippen LogP contribution in [0.5, 0.6) is 0 Å². The van der Waals surface area contributed by atoms with Gasteiger partial charge in [0.05, 0.1) is 6.07 Å². The molecule has 5 heteroatoms. The molecule has 0 bridgehead atoms. The van der Waals surface area contributed by atoms with Crippen molar-refractivity contribution in [1.82, 2.24) is 5.32 Å². The molecule has 2 aromatic rings. The van der Waals surface area contributed by atoms with Gasteiger partial charge in [-0.2, -0.15) is 5.26 Å². The van der Waals surface area contributed by atoms with Crippen LogP contribution < -0.4 is 5.32 Å². The number of nitrogens with zero attached hydrogens (tertiary/aromatic N) is 1. The molecule has 1 N–H and O–H groups in total. The van der Waals surface area contributed by atoms with Gasteiger partial charge < -0.3 is 5.32 Å². The van der Waals surface area contributed by atoms with Crippen LogP contribution in [0, 0.1) is 17.1 Å². The number of rotatable bonds is 3. The van der Waals surface area contributed by atoms with Crippen LogP contribution in [-0.4, -0.2) is 5.91 Å². The fraction of sp³-hybridized carbons (Fsp3) is 0.0667. The van der Waals surface area contributed by atoms with Gasteiger partial charge in [0.25, 0.3) is 5.91 Å². The summed E-state index contributed by atoms with van der Waals surface area (Å²) >= 11 is 5.81. The van der Waals surface area contributed by atoms with E-state index in [1.54, 1.807) is 18.2 Å². The smallest absolute Gasteiger partial charge is 0.252 e. The first kappa shape index (κ1) is 14.0. The highest BCUT2D eigenvalue weighted by atomic mass is 35.5. The second-order valence-electron chi connectivity index (χ2n) is 4.10. The zero-order chi connectivity index (χ0) is 14.5. The number of benzene rings is 2. The first-order chi connectivity index (χ1) is 9.60. The molecule has 0 spiro atoms. The van der Waals surface area contributed by atoms with Gasteiger partial charge in [-0.25, -0.2) is 4.39 Å². The minimum Gasteiger partial charge on any atom is -0.332 e. The third-order valence-corrected chi connectivity index (χ3v) is 2.93. The van der Waals surface area contributed by atoms with Crippen molar-refractivity contribution < 1.29 is 9.18 Å². The molecule has 0 unspecified atom stereocenters. The first-order valence-electron chi connectivity index (χ1n) is 5.81. The van der Waals surface area contributed by atoms with Crippen molar-refractivity contribution in [2.75, 3.05) is 0 Å². The number of hydrogen-bond donors (Lipinski definition) is 1. The molecule has 0 fully saturated rings.